The predicted molar refractivity (Wildman–Crippen MR) is 33.2 cm³/mol. The fourth-order valence-corrected chi connectivity index (χ4v) is 0.618. The number of quaternary nitrogens is 1. The second-order valence-electron chi connectivity index (χ2n) is 1.47. The lowest BCUT2D eigenvalue weighted by Crippen LogP contribution is -3.01. The van der Waals surface area contributed by atoms with Crippen molar-refractivity contribution in [1.29, 1.82) is 0 Å². The van der Waals surface area contributed by atoms with Crippen LogP contribution in [0.2, 0.25) is 0 Å². The average Bonchev–Trinajstić information content (AvgIpc) is 1.77. The minimum atomic E-state index is -0.0177. The van der Waals surface area contributed by atoms with E-state index in [1.807, 2.05) is 0 Å². The van der Waals surface area contributed by atoms with Gasteiger partial charge in [-0.15, -0.1) is 0 Å². The third-order valence-electron chi connectivity index (χ3n) is 0.865. The lowest BCUT2D eigenvalue weighted by atomic mass is 10.4. The van der Waals surface area contributed by atoms with Crippen LogP contribution in [0.4, 0.5) is 0 Å². The first-order valence-corrected chi connectivity index (χ1v) is 2.70. The van der Waals surface area contributed by atoms with Crippen LogP contribution in [0.25, 0.3) is 0 Å². The molecule has 1 unspecified atom stereocenters. The highest BCUT2D eigenvalue weighted by Gasteiger charge is 2.09. The predicted octanol–water partition coefficient (Wildman–Crippen LogP) is -0.674. The van der Waals surface area contributed by atoms with Gasteiger partial charge in [0.15, 0.2) is 0 Å². The first-order valence-electron chi connectivity index (χ1n) is 2.26. The van der Waals surface area contributed by atoms with Gasteiger partial charge in [-0.3, -0.25) is 0 Å². The Morgan fingerprint density at radius 3 is 2.62 bits per heavy atom. The van der Waals surface area contributed by atoms with E-state index in [-0.39, 0.29) is 5.91 Å². The Balaban J connectivity index is 2.74. The summed E-state index contributed by atoms with van der Waals surface area (Å²) in [6.45, 7) is 0. The summed E-state index contributed by atoms with van der Waals surface area (Å²) in [4.78, 5) is 10.5. The SMILES string of the molecule is O=C1C=CC=C[NH+]1S. The molecule has 1 N–H and O–H groups in total. The fraction of sp³-hybridized carbons (Fsp3) is 0. The summed E-state index contributed by atoms with van der Waals surface area (Å²) in [6, 6.07) is 0. The zero-order chi connectivity index (χ0) is 5.98. The molecule has 3 heteroatoms. The van der Waals surface area contributed by atoms with Crippen molar-refractivity contribution in [1.82, 2.24) is 0 Å². The van der Waals surface area contributed by atoms with E-state index in [0.29, 0.717) is 4.31 Å². The van der Waals surface area contributed by atoms with E-state index in [1.165, 1.54) is 6.08 Å². The normalized spacial score (nSPS) is 26.6. The van der Waals surface area contributed by atoms with Crippen molar-refractivity contribution in [2.24, 2.45) is 0 Å². The molecule has 0 aromatic carbocycles. The molecule has 0 saturated carbocycles. The summed E-state index contributed by atoms with van der Waals surface area (Å²) in [7, 11) is 0. The number of allylic oxidation sites excluding steroid dienone is 2. The van der Waals surface area contributed by atoms with E-state index < -0.39 is 0 Å². The Labute approximate surface area is 53.0 Å². The monoisotopic (exact) mass is 128 g/mol. The highest BCUT2D eigenvalue weighted by atomic mass is 32.1. The zero-order valence-corrected chi connectivity index (χ0v) is 5.06. The lowest BCUT2D eigenvalue weighted by Gasteiger charge is -2.00. The van der Waals surface area contributed by atoms with Crippen LogP contribution in [0, 0.1) is 0 Å². The molecule has 1 atom stereocenters. The van der Waals surface area contributed by atoms with Crippen LogP contribution in [-0.4, -0.2) is 5.91 Å². The van der Waals surface area contributed by atoms with Crippen molar-refractivity contribution in [2.75, 3.05) is 0 Å². The topological polar surface area (TPSA) is 21.5 Å². The third kappa shape index (κ3) is 0.993. The number of carbonyl (C=O) groups is 1. The molecule has 0 saturated heterocycles. The van der Waals surface area contributed by atoms with Gasteiger partial charge in [-0.25, -0.2) is 4.79 Å². The van der Waals surface area contributed by atoms with E-state index in [1.54, 1.807) is 18.4 Å². The lowest BCUT2D eigenvalue weighted by molar-refractivity contribution is -0.595. The Kier molecular flexibility index (Phi) is 1.50. The van der Waals surface area contributed by atoms with Crippen molar-refractivity contribution in [2.45, 2.75) is 0 Å². The van der Waals surface area contributed by atoms with Gasteiger partial charge in [-0.2, -0.15) is 4.31 Å². The number of rotatable bonds is 0. The molecule has 1 heterocycles. The summed E-state index contributed by atoms with van der Waals surface area (Å²) < 4.78 is 0.507. The standard InChI is InChI=1S/C5H5NOS/c7-5-3-1-2-4-6(5)8/h1-4,8H/p+1. The third-order valence-corrected chi connectivity index (χ3v) is 1.23. The maximum atomic E-state index is 10.5. The van der Waals surface area contributed by atoms with E-state index in [2.05, 4.69) is 12.8 Å². The largest absolute Gasteiger partial charge is 0.352 e. The van der Waals surface area contributed by atoms with Gasteiger partial charge in [0.25, 0.3) is 0 Å². The summed E-state index contributed by atoms with van der Waals surface area (Å²) in [6.07, 6.45) is 6.64. The molecule has 0 aromatic rings. The molecular formula is C5H6NOS+. The highest BCUT2D eigenvalue weighted by molar-refractivity contribution is 7.73. The minimum Gasteiger partial charge on any atom is -0.225 e. The van der Waals surface area contributed by atoms with E-state index in [4.69, 9.17) is 0 Å². The molecule has 2 nitrogen and oxygen atoms in total. The van der Waals surface area contributed by atoms with Crippen LogP contribution < -0.4 is 4.31 Å². The number of carbonyl (C=O) groups excluding carboxylic acids is 1. The highest BCUT2D eigenvalue weighted by Crippen LogP contribution is 1.78. The molecule has 42 valence electrons. The molecule has 0 radical (unpaired) electrons. The van der Waals surface area contributed by atoms with Crippen LogP contribution in [0.3, 0.4) is 0 Å². The van der Waals surface area contributed by atoms with Gasteiger partial charge in [0.1, 0.15) is 6.20 Å². The van der Waals surface area contributed by atoms with Crippen molar-refractivity contribution < 1.29 is 9.10 Å². The average molecular weight is 128 g/mol. The molecule has 0 spiro atoms. The Morgan fingerprint density at radius 1 is 1.50 bits per heavy atom. The molecular weight excluding hydrogens is 122 g/mol. The smallest absolute Gasteiger partial charge is 0.225 e. The summed E-state index contributed by atoms with van der Waals surface area (Å²) in [5, 5.41) is 0. The Hall–Kier alpha value is -0.540. The van der Waals surface area contributed by atoms with Gasteiger partial charge in [0.05, 0.1) is 12.8 Å². The summed E-state index contributed by atoms with van der Waals surface area (Å²) in [5.74, 6) is -0.0177. The molecule has 1 aliphatic heterocycles. The van der Waals surface area contributed by atoms with Crippen LogP contribution in [-0.2, 0) is 4.79 Å². The van der Waals surface area contributed by atoms with Crippen molar-refractivity contribution in [3.63, 3.8) is 0 Å². The van der Waals surface area contributed by atoms with Crippen molar-refractivity contribution in [3.05, 3.63) is 24.4 Å². The molecule has 0 aromatic heterocycles. The van der Waals surface area contributed by atoms with Crippen LogP contribution in [0.5, 0.6) is 0 Å². The quantitative estimate of drug-likeness (QED) is 0.415. The maximum Gasteiger partial charge on any atom is 0.352 e. The molecule has 1 rings (SSSR count). The van der Waals surface area contributed by atoms with Crippen molar-refractivity contribution >= 4 is 18.7 Å². The summed E-state index contributed by atoms with van der Waals surface area (Å²) in [5.41, 5.74) is 0. The Bertz CT molecular complexity index is 162. The second-order valence-corrected chi connectivity index (χ2v) is 1.95. The van der Waals surface area contributed by atoms with Crippen LogP contribution in [0.15, 0.2) is 24.4 Å². The van der Waals surface area contributed by atoms with Gasteiger partial charge in [0, 0.05) is 6.08 Å². The zero-order valence-electron chi connectivity index (χ0n) is 4.16. The molecule has 1 aliphatic rings. The summed E-state index contributed by atoms with van der Waals surface area (Å²) >= 11 is 3.89. The number of nitrogens with one attached hydrogen (secondary N) is 1. The van der Waals surface area contributed by atoms with Crippen molar-refractivity contribution in [3.8, 4) is 0 Å². The number of amides is 1. The maximum absolute atomic E-state index is 10.5. The van der Waals surface area contributed by atoms with E-state index >= 15 is 0 Å². The first-order chi connectivity index (χ1) is 3.80. The first kappa shape index (κ1) is 5.59. The van der Waals surface area contributed by atoms with Gasteiger partial charge >= 0.3 is 5.91 Å². The molecule has 1 amide bonds. The van der Waals surface area contributed by atoms with Gasteiger partial charge in [0.2, 0.25) is 0 Å². The second kappa shape index (κ2) is 2.15. The van der Waals surface area contributed by atoms with Crippen LogP contribution >= 0.6 is 12.8 Å². The van der Waals surface area contributed by atoms with E-state index in [0.717, 1.165) is 0 Å². The molecule has 0 bridgehead atoms. The minimum absolute atomic E-state index is 0.0177. The van der Waals surface area contributed by atoms with Gasteiger partial charge in [-0.05, 0) is 12.2 Å². The van der Waals surface area contributed by atoms with E-state index in [9.17, 15) is 4.79 Å². The number of thiol groups is 1. The van der Waals surface area contributed by atoms with Gasteiger partial charge in [-0.1, -0.05) is 0 Å². The van der Waals surface area contributed by atoms with Crippen LogP contribution in [0.1, 0.15) is 0 Å². The molecule has 0 fully saturated rings. The van der Waals surface area contributed by atoms with Gasteiger partial charge < -0.3 is 0 Å². The Morgan fingerprint density at radius 2 is 2.25 bits per heavy atom. The fourth-order valence-electron chi connectivity index (χ4n) is 0.457. The molecule has 8 heavy (non-hydrogen) atoms. The number of hydrogen-bond acceptors (Lipinski definition) is 2. The number of hydrogen-bond donors (Lipinski definition) is 2. The molecule has 0 aliphatic carbocycles.